The highest BCUT2D eigenvalue weighted by atomic mass is 19.1. The first-order valence-electron chi connectivity index (χ1n) is 4.99. The van der Waals surface area contributed by atoms with Gasteiger partial charge in [-0.3, -0.25) is 0 Å². The second kappa shape index (κ2) is 4.19. The molecule has 0 amide bonds. The second-order valence-electron chi connectivity index (χ2n) is 4.46. The third kappa shape index (κ3) is 2.48. The van der Waals surface area contributed by atoms with Gasteiger partial charge in [-0.25, -0.2) is 4.39 Å². The molecule has 1 aromatic carbocycles. The van der Waals surface area contributed by atoms with Gasteiger partial charge >= 0.3 is 0 Å². The number of rotatable bonds is 3. The molecule has 3 heteroatoms. The molecule has 2 nitrogen and oxygen atoms in total. The minimum Gasteiger partial charge on any atom is -0.394 e. The molecule has 15 heavy (non-hydrogen) atoms. The Labute approximate surface area is 90.3 Å². The number of aryl methyl sites for hydroxylation is 1. The number of halogens is 1. The maximum Gasteiger partial charge on any atom is 0.126 e. The first kappa shape index (κ1) is 12.0. The molecule has 0 heterocycles. The quantitative estimate of drug-likeness (QED) is 0.829. The van der Waals surface area contributed by atoms with Crippen LogP contribution in [-0.4, -0.2) is 24.3 Å². The van der Waals surface area contributed by atoms with Crippen molar-refractivity contribution < 1.29 is 9.50 Å². The van der Waals surface area contributed by atoms with Crippen molar-refractivity contribution in [3.05, 3.63) is 29.6 Å². The minimum atomic E-state index is -0.343. The van der Waals surface area contributed by atoms with Gasteiger partial charge in [-0.05, 0) is 44.5 Å². The van der Waals surface area contributed by atoms with E-state index in [1.54, 1.807) is 19.1 Å². The highest BCUT2D eigenvalue weighted by Gasteiger charge is 2.22. The normalized spacial score (nSPS) is 11.6. The lowest BCUT2D eigenvalue weighted by Crippen LogP contribution is -2.44. The van der Waals surface area contributed by atoms with E-state index < -0.39 is 0 Å². The smallest absolute Gasteiger partial charge is 0.126 e. The van der Waals surface area contributed by atoms with E-state index in [0.717, 1.165) is 5.69 Å². The molecule has 0 bridgehead atoms. The Bertz CT molecular complexity index is 349. The van der Waals surface area contributed by atoms with Crippen LogP contribution in [-0.2, 0) is 0 Å². The number of hydrogen-bond donors (Lipinski definition) is 1. The van der Waals surface area contributed by atoms with Gasteiger partial charge in [-0.1, -0.05) is 0 Å². The Balaban J connectivity index is 3.02. The average molecular weight is 211 g/mol. The second-order valence-corrected chi connectivity index (χ2v) is 4.46. The fraction of sp³-hybridized carbons (Fsp3) is 0.500. The number of anilines is 1. The van der Waals surface area contributed by atoms with E-state index in [1.165, 1.54) is 6.07 Å². The summed E-state index contributed by atoms with van der Waals surface area (Å²) in [5.41, 5.74) is 1.19. The predicted molar refractivity (Wildman–Crippen MR) is 60.7 cm³/mol. The summed E-state index contributed by atoms with van der Waals surface area (Å²) in [6, 6.07) is 4.96. The number of likely N-dealkylation sites (N-methyl/N-ethyl adjacent to an activating group) is 1. The molecule has 0 unspecified atom stereocenters. The van der Waals surface area contributed by atoms with Gasteiger partial charge in [0.25, 0.3) is 0 Å². The maximum absolute atomic E-state index is 13.1. The van der Waals surface area contributed by atoms with E-state index in [9.17, 15) is 9.50 Å². The summed E-state index contributed by atoms with van der Waals surface area (Å²) < 4.78 is 13.1. The molecule has 0 radical (unpaired) electrons. The Morgan fingerprint density at radius 3 is 2.47 bits per heavy atom. The van der Waals surface area contributed by atoms with Crippen LogP contribution in [0, 0.1) is 12.7 Å². The molecule has 0 aliphatic heterocycles. The highest BCUT2D eigenvalue weighted by molar-refractivity contribution is 5.50. The highest BCUT2D eigenvalue weighted by Crippen LogP contribution is 2.23. The monoisotopic (exact) mass is 211 g/mol. The van der Waals surface area contributed by atoms with Gasteiger partial charge in [0.1, 0.15) is 5.82 Å². The Hall–Kier alpha value is -1.09. The van der Waals surface area contributed by atoms with Gasteiger partial charge in [-0.2, -0.15) is 0 Å². The summed E-state index contributed by atoms with van der Waals surface area (Å²) in [5, 5.41) is 9.23. The topological polar surface area (TPSA) is 23.5 Å². The third-order valence-electron chi connectivity index (χ3n) is 2.82. The van der Waals surface area contributed by atoms with Crippen molar-refractivity contribution in [3.8, 4) is 0 Å². The van der Waals surface area contributed by atoms with E-state index in [2.05, 4.69) is 0 Å². The van der Waals surface area contributed by atoms with Crippen LogP contribution in [0.2, 0.25) is 0 Å². The molecule has 0 atom stereocenters. The number of hydrogen-bond acceptors (Lipinski definition) is 2. The average Bonchev–Trinajstić information content (AvgIpc) is 2.21. The van der Waals surface area contributed by atoms with Crippen LogP contribution < -0.4 is 4.90 Å². The number of aliphatic hydroxyl groups is 1. The lowest BCUT2D eigenvalue weighted by molar-refractivity contribution is 0.216. The van der Waals surface area contributed by atoms with Gasteiger partial charge < -0.3 is 10.0 Å². The summed E-state index contributed by atoms with van der Waals surface area (Å²) in [5.74, 6) is -0.200. The Morgan fingerprint density at radius 2 is 2.00 bits per heavy atom. The molecule has 0 aromatic heterocycles. The summed E-state index contributed by atoms with van der Waals surface area (Å²) in [4.78, 5) is 1.94. The predicted octanol–water partition coefficient (Wildman–Crippen LogP) is 2.34. The summed E-state index contributed by atoms with van der Waals surface area (Å²) in [6.45, 7) is 5.66. The van der Waals surface area contributed by atoms with Gasteiger partial charge in [0, 0.05) is 12.7 Å². The molecule has 1 N–H and O–H groups in total. The van der Waals surface area contributed by atoms with Crippen molar-refractivity contribution in [1.29, 1.82) is 0 Å². The SMILES string of the molecule is Cc1cc(N(C)C(C)(C)CO)ccc1F. The lowest BCUT2D eigenvalue weighted by atomic mass is 10.0. The van der Waals surface area contributed by atoms with Crippen LogP contribution in [0.4, 0.5) is 10.1 Å². The summed E-state index contributed by atoms with van der Waals surface area (Å²) in [6.07, 6.45) is 0. The molecule has 0 fully saturated rings. The third-order valence-corrected chi connectivity index (χ3v) is 2.82. The molecule has 1 aromatic rings. The zero-order valence-electron chi connectivity index (χ0n) is 9.71. The Morgan fingerprint density at radius 1 is 1.40 bits per heavy atom. The van der Waals surface area contributed by atoms with Crippen molar-refractivity contribution in [1.82, 2.24) is 0 Å². The van der Waals surface area contributed by atoms with Crippen LogP contribution in [0.3, 0.4) is 0 Å². The Kier molecular flexibility index (Phi) is 3.35. The maximum atomic E-state index is 13.1. The standard InChI is InChI=1S/C12H18FNO/c1-9-7-10(5-6-11(9)13)14(4)12(2,3)8-15/h5-7,15H,8H2,1-4H3. The lowest BCUT2D eigenvalue weighted by Gasteiger charge is -2.36. The number of benzene rings is 1. The van der Waals surface area contributed by atoms with Crippen LogP contribution in [0.5, 0.6) is 0 Å². The molecule has 0 aliphatic rings. The van der Waals surface area contributed by atoms with E-state index in [-0.39, 0.29) is 18.0 Å². The fourth-order valence-electron chi connectivity index (χ4n) is 1.29. The molecule has 0 saturated carbocycles. The van der Waals surface area contributed by atoms with Gasteiger partial charge in [0.15, 0.2) is 0 Å². The van der Waals surface area contributed by atoms with E-state index in [4.69, 9.17) is 0 Å². The van der Waals surface area contributed by atoms with Crippen LogP contribution in [0.15, 0.2) is 18.2 Å². The zero-order valence-corrected chi connectivity index (χ0v) is 9.71. The molecule has 84 valence electrons. The van der Waals surface area contributed by atoms with Crippen LogP contribution >= 0.6 is 0 Å². The first-order chi connectivity index (χ1) is 6.88. The number of nitrogens with zero attached hydrogens (tertiary/aromatic N) is 1. The minimum absolute atomic E-state index is 0.0555. The summed E-state index contributed by atoms with van der Waals surface area (Å²) >= 11 is 0. The van der Waals surface area contributed by atoms with Crippen molar-refractivity contribution in [3.63, 3.8) is 0 Å². The van der Waals surface area contributed by atoms with Crippen LogP contribution in [0.1, 0.15) is 19.4 Å². The summed E-state index contributed by atoms with van der Waals surface area (Å²) in [7, 11) is 1.89. The van der Waals surface area contributed by atoms with Gasteiger partial charge in [-0.15, -0.1) is 0 Å². The van der Waals surface area contributed by atoms with Crippen molar-refractivity contribution in [2.24, 2.45) is 0 Å². The molecular formula is C12H18FNO. The van der Waals surface area contributed by atoms with Crippen molar-refractivity contribution >= 4 is 5.69 Å². The zero-order chi connectivity index (χ0) is 11.6. The first-order valence-corrected chi connectivity index (χ1v) is 4.99. The molecule has 0 spiro atoms. The number of aliphatic hydroxyl groups excluding tert-OH is 1. The van der Waals surface area contributed by atoms with Crippen molar-refractivity contribution in [2.75, 3.05) is 18.6 Å². The largest absolute Gasteiger partial charge is 0.394 e. The van der Waals surface area contributed by atoms with Gasteiger partial charge in [0.05, 0.1) is 12.1 Å². The van der Waals surface area contributed by atoms with Crippen LogP contribution in [0.25, 0.3) is 0 Å². The fourth-order valence-corrected chi connectivity index (χ4v) is 1.29. The molecule has 0 aliphatic carbocycles. The van der Waals surface area contributed by atoms with E-state index in [1.807, 2.05) is 25.8 Å². The van der Waals surface area contributed by atoms with Gasteiger partial charge in [0.2, 0.25) is 0 Å². The van der Waals surface area contributed by atoms with E-state index >= 15 is 0 Å². The molecule has 0 saturated heterocycles. The molecular weight excluding hydrogens is 193 g/mol. The molecule has 1 rings (SSSR count). The van der Waals surface area contributed by atoms with E-state index in [0.29, 0.717) is 5.56 Å². The van der Waals surface area contributed by atoms with Crippen molar-refractivity contribution in [2.45, 2.75) is 26.3 Å².